The zero-order valence-electron chi connectivity index (χ0n) is 14.7. The summed E-state index contributed by atoms with van der Waals surface area (Å²) in [5.74, 6) is -0.392. The van der Waals surface area contributed by atoms with Gasteiger partial charge in [-0.15, -0.1) is 0 Å². The van der Waals surface area contributed by atoms with Crippen LogP contribution in [0.4, 0.5) is 4.39 Å². The van der Waals surface area contributed by atoms with Gasteiger partial charge in [0.2, 0.25) is 0 Å². The Morgan fingerprint density at radius 3 is 2.42 bits per heavy atom. The van der Waals surface area contributed by atoms with E-state index in [1.54, 1.807) is 12.1 Å². The van der Waals surface area contributed by atoms with E-state index >= 15 is 0 Å². The van der Waals surface area contributed by atoms with Gasteiger partial charge in [0.15, 0.2) is 0 Å². The van der Waals surface area contributed by atoms with E-state index in [0.717, 1.165) is 19.4 Å². The Kier molecular flexibility index (Phi) is 4.52. The SMILES string of the molecule is N#CCc1ccc(C2(O)CC3CCC(C2)N3Cc2ccccc2)cc1F. The highest BCUT2D eigenvalue weighted by molar-refractivity contribution is 5.31. The molecule has 1 N–H and O–H groups in total. The molecule has 2 bridgehead atoms. The van der Waals surface area contributed by atoms with Crippen molar-refractivity contribution in [3.8, 4) is 6.07 Å². The summed E-state index contributed by atoms with van der Waals surface area (Å²) < 4.78 is 14.3. The predicted molar refractivity (Wildman–Crippen MR) is 97.6 cm³/mol. The number of piperidine rings is 1. The van der Waals surface area contributed by atoms with Crippen LogP contribution in [0.1, 0.15) is 42.4 Å². The minimum atomic E-state index is -0.981. The highest BCUT2D eigenvalue weighted by atomic mass is 19.1. The fourth-order valence-electron chi connectivity index (χ4n) is 4.67. The number of hydrogen-bond acceptors (Lipinski definition) is 3. The lowest BCUT2D eigenvalue weighted by Crippen LogP contribution is -2.49. The summed E-state index contributed by atoms with van der Waals surface area (Å²) in [5.41, 5.74) is 1.35. The summed E-state index contributed by atoms with van der Waals surface area (Å²) in [5, 5.41) is 20.1. The zero-order valence-corrected chi connectivity index (χ0v) is 14.7. The van der Waals surface area contributed by atoms with Gasteiger partial charge in [0.1, 0.15) is 5.82 Å². The number of rotatable bonds is 4. The van der Waals surface area contributed by atoms with Crippen LogP contribution in [0.2, 0.25) is 0 Å². The van der Waals surface area contributed by atoms with E-state index in [4.69, 9.17) is 5.26 Å². The molecule has 0 aromatic heterocycles. The first-order valence-electron chi connectivity index (χ1n) is 9.27. The molecule has 0 saturated carbocycles. The largest absolute Gasteiger partial charge is 0.385 e. The van der Waals surface area contributed by atoms with E-state index in [9.17, 15) is 9.50 Å². The Labute approximate surface area is 153 Å². The second kappa shape index (κ2) is 6.83. The lowest BCUT2D eigenvalue weighted by atomic mass is 9.80. The molecule has 26 heavy (non-hydrogen) atoms. The molecule has 0 aliphatic carbocycles. The molecule has 2 aromatic carbocycles. The molecule has 2 aliphatic rings. The second-order valence-electron chi connectivity index (χ2n) is 7.62. The van der Waals surface area contributed by atoms with Crippen LogP contribution in [0.15, 0.2) is 48.5 Å². The summed E-state index contributed by atoms with van der Waals surface area (Å²) in [6.45, 7) is 0.904. The molecule has 2 saturated heterocycles. The maximum atomic E-state index is 14.3. The predicted octanol–water partition coefficient (Wildman–Crippen LogP) is 3.91. The monoisotopic (exact) mass is 350 g/mol. The highest BCUT2D eigenvalue weighted by Gasteiger charge is 2.48. The zero-order chi connectivity index (χ0) is 18.1. The lowest BCUT2D eigenvalue weighted by molar-refractivity contribution is -0.0596. The Balaban J connectivity index is 1.54. The molecule has 2 aliphatic heterocycles. The number of fused-ring (bicyclic) bond motifs is 2. The lowest BCUT2D eigenvalue weighted by Gasteiger charge is -2.44. The van der Waals surface area contributed by atoms with Crippen LogP contribution < -0.4 is 0 Å². The van der Waals surface area contributed by atoms with Gasteiger partial charge in [0.05, 0.1) is 18.1 Å². The van der Waals surface area contributed by atoms with E-state index in [0.29, 0.717) is 36.1 Å². The minimum Gasteiger partial charge on any atom is -0.385 e. The molecule has 2 heterocycles. The standard InChI is InChI=1S/C22H23FN2O/c23-21-12-18(7-6-17(21)10-11-24)22(26)13-19-8-9-20(14-22)25(19)15-16-4-2-1-3-5-16/h1-7,12,19-20,26H,8-10,13-15H2. The van der Waals surface area contributed by atoms with Crippen LogP contribution in [-0.4, -0.2) is 22.1 Å². The van der Waals surface area contributed by atoms with Gasteiger partial charge in [-0.3, -0.25) is 4.90 Å². The summed E-state index contributed by atoms with van der Waals surface area (Å²) in [6, 6.07) is 17.9. The molecule has 2 aromatic rings. The van der Waals surface area contributed by atoms with Crippen molar-refractivity contribution in [3.05, 3.63) is 71.0 Å². The maximum Gasteiger partial charge on any atom is 0.127 e. The van der Waals surface area contributed by atoms with E-state index in [1.165, 1.54) is 11.6 Å². The number of hydrogen-bond donors (Lipinski definition) is 1. The summed E-state index contributed by atoms with van der Waals surface area (Å²) in [7, 11) is 0. The number of nitrogens with zero attached hydrogens (tertiary/aromatic N) is 2. The molecule has 4 heteroatoms. The van der Waals surface area contributed by atoms with Gasteiger partial charge < -0.3 is 5.11 Å². The molecule has 2 fully saturated rings. The quantitative estimate of drug-likeness (QED) is 0.909. The number of nitriles is 1. The summed E-state index contributed by atoms with van der Waals surface area (Å²) in [6.07, 6.45) is 3.48. The number of aliphatic hydroxyl groups is 1. The smallest absolute Gasteiger partial charge is 0.127 e. The van der Waals surface area contributed by atoms with Crippen molar-refractivity contribution in [2.75, 3.05) is 0 Å². The fraction of sp³-hybridized carbons (Fsp3) is 0.409. The fourth-order valence-corrected chi connectivity index (χ4v) is 4.67. The number of halogens is 1. The van der Waals surface area contributed by atoms with Gasteiger partial charge in [-0.2, -0.15) is 5.26 Å². The Morgan fingerprint density at radius 1 is 1.12 bits per heavy atom. The van der Waals surface area contributed by atoms with Crippen LogP contribution in [0.3, 0.4) is 0 Å². The molecule has 0 amide bonds. The topological polar surface area (TPSA) is 47.3 Å². The molecule has 3 nitrogen and oxygen atoms in total. The Morgan fingerprint density at radius 2 is 1.81 bits per heavy atom. The van der Waals surface area contributed by atoms with Crippen LogP contribution in [0.25, 0.3) is 0 Å². The molecule has 2 unspecified atom stereocenters. The number of benzene rings is 2. The van der Waals surface area contributed by atoms with Gasteiger partial charge in [0.25, 0.3) is 0 Å². The molecular weight excluding hydrogens is 327 g/mol. The van der Waals surface area contributed by atoms with E-state index in [2.05, 4.69) is 29.2 Å². The van der Waals surface area contributed by atoms with Crippen LogP contribution in [0, 0.1) is 17.1 Å². The third kappa shape index (κ3) is 3.13. The third-order valence-corrected chi connectivity index (χ3v) is 5.99. The molecule has 134 valence electrons. The van der Waals surface area contributed by atoms with Crippen molar-refractivity contribution < 1.29 is 9.50 Å². The van der Waals surface area contributed by atoms with Gasteiger partial charge >= 0.3 is 0 Å². The van der Waals surface area contributed by atoms with Gasteiger partial charge in [-0.1, -0.05) is 42.5 Å². The normalized spacial score (nSPS) is 28.0. The van der Waals surface area contributed by atoms with Crippen molar-refractivity contribution in [2.24, 2.45) is 0 Å². The molecule has 0 radical (unpaired) electrons. The third-order valence-electron chi connectivity index (χ3n) is 5.99. The average Bonchev–Trinajstić information content (AvgIpc) is 2.88. The van der Waals surface area contributed by atoms with Crippen LogP contribution in [-0.2, 0) is 18.6 Å². The van der Waals surface area contributed by atoms with E-state index in [1.807, 2.05) is 12.1 Å². The highest BCUT2D eigenvalue weighted by Crippen LogP contribution is 2.46. The van der Waals surface area contributed by atoms with Gasteiger partial charge in [0, 0.05) is 24.2 Å². The van der Waals surface area contributed by atoms with Crippen molar-refractivity contribution >= 4 is 0 Å². The Bertz CT molecular complexity index is 816. The minimum absolute atomic E-state index is 0.0562. The van der Waals surface area contributed by atoms with Crippen LogP contribution >= 0.6 is 0 Å². The molecule has 0 spiro atoms. The first-order valence-corrected chi connectivity index (χ1v) is 9.27. The van der Waals surface area contributed by atoms with E-state index < -0.39 is 11.4 Å². The average molecular weight is 350 g/mol. The second-order valence-corrected chi connectivity index (χ2v) is 7.62. The summed E-state index contributed by atoms with van der Waals surface area (Å²) >= 11 is 0. The first-order chi connectivity index (χ1) is 12.6. The first kappa shape index (κ1) is 17.2. The van der Waals surface area contributed by atoms with Crippen molar-refractivity contribution in [1.82, 2.24) is 4.90 Å². The molecule has 4 rings (SSSR count). The van der Waals surface area contributed by atoms with E-state index in [-0.39, 0.29) is 6.42 Å². The summed E-state index contributed by atoms with van der Waals surface area (Å²) in [4.78, 5) is 2.50. The maximum absolute atomic E-state index is 14.3. The van der Waals surface area contributed by atoms with Crippen molar-refractivity contribution in [1.29, 1.82) is 5.26 Å². The van der Waals surface area contributed by atoms with Gasteiger partial charge in [-0.25, -0.2) is 4.39 Å². The Hall–Kier alpha value is -2.22. The molecule has 2 atom stereocenters. The van der Waals surface area contributed by atoms with Crippen molar-refractivity contribution in [3.63, 3.8) is 0 Å². The van der Waals surface area contributed by atoms with Crippen LogP contribution in [0.5, 0.6) is 0 Å². The molecular formula is C22H23FN2O. The van der Waals surface area contributed by atoms with Crippen molar-refractivity contribution in [2.45, 2.75) is 56.3 Å². The van der Waals surface area contributed by atoms with Gasteiger partial charge in [-0.05, 0) is 42.9 Å².